The molecule has 10 heteroatoms. The number of benzene rings is 2. The molecule has 2 bridgehead atoms. The van der Waals surface area contributed by atoms with E-state index in [4.69, 9.17) is 13.9 Å². The Hall–Kier alpha value is -3.67. The first-order valence-electron chi connectivity index (χ1n) is 18.0. The number of phenolic OH excluding ortho intramolecular Hbond substituents is 1. The molecule has 0 spiro atoms. The minimum Gasteiger partial charge on any atom is -0.506 e. The van der Waals surface area contributed by atoms with Crippen LogP contribution in [0.1, 0.15) is 67.9 Å². The summed E-state index contributed by atoms with van der Waals surface area (Å²) >= 11 is 0. The minimum atomic E-state index is -1.05. The van der Waals surface area contributed by atoms with Gasteiger partial charge in [-0.05, 0) is 66.3 Å². The van der Waals surface area contributed by atoms with Crippen LogP contribution in [0.25, 0.3) is 10.9 Å². The Kier molecular flexibility index (Phi) is 10.1. The van der Waals surface area contributed by atoms with Crippen molar-refractivity contribution in [3.05, 3.63) is 94.2 Å². The second-order valence-electron chi connectivity index (χ2n) is 14.5. The molecule has 1 saturated carbocycles. The molecule has 4 aromatic rings. The summed E-state index contributed by atoms with van der Waals surface area (Å²) in [5.74, 6) is 2.21. The molecule has 3 saturated heterocycles. The summed E-state index contributed by atoms with van der Waals surface area (Å²) in [6, 6.07) is 18.0. The number of phenols is 1. The number of pyridine rings is 1. The minimum absolute atomic E-state index is 0.0245. The lowest BCUT2D eigenvalue weighted by molar-refractivity contribution is -0.946. The largest absolute Gasteiger partial charge is 0.506 e. The Balaban J connectivity index is 0.854. The predicted octanol–water partition coefficient (Wildman–Crippen LogP) is 5.12. The number of piperidine rings is 3. The van der Waals surface area contributed by atoms with Gasteiger partial charge in [0.25, 0.3) is 0 Å². The fourth-order valence-corrected chi connectivity index (χ4v) is 8.58. The van der Waals surface area contributed by atoms with Crippen molar-refractivity contribution in [3.8, 4) is 11.5 Å². The molecule has 10 nitrogen and oxygen atoms in total. The molecule has 1 aliphatic carbocycles. The third-order valence-electron chi connectivity index (χ3n) is 11.4. The van der Waals surface area contributed by atoms with Crippen LogP contribution in [0.3, 0.4) is 0 Å². The van der Waals surface area contributed by atoms with E-state index in [1.165, 1.54) is 38.1 Å². The molecule has 4 fully saturated rings. The molecule has 5 N–H and O–H groups in total. The van der Waals surface area contributed by atoms with Crippen molar-refractivity contribution in [1.29, 1.82) is 0 Å². The molecule has 0 unspecified atom stereocenters. The maximum Gasteiger partial charge on any atom is 0.248 e. The zero-order valence-corrected chi connectivity index (χ0v) is 28.2. The van der Waals surface area contributed by atoms with Crippen LogP contribution in [0.4, 0.5) is 0 Å². The van der Waals surface area contributed by atoms with Crippen molar-refractivity contribution < 1.29 is 33.7 Å². The number of nitrogens with zero attached hydrogens (tertiary/aromatic N) is 1. The molecule has 8 rings (SSSR count). The van der Waals surface area contributed by atoms with E-state index in [1.807, 2.05) is 36.4 Å². The average Bonchev–Trinajstić information content (AvgIpc) is 3.87. The van der Waals surface area contributed by atoms with Gasteiger partial charge in [-0.25, -0.2) is 0 Å². The van der Waals surface area contributed by atoms with Crippen LogP contribution < -0.4 is 15.6 Å². The zero-order valence-electron chi connectivity index (χ0n) is 28.2. The smallest absolute Gasteiger partial charge is 0.248 e. The summed E-state index contributed by atoms with van der Waals surface area (Å²) in [6.07, 6.45) is 8.67. The topological polar surface area (TPSA) is 137 Å². The van der Waals surface area contributed by atoms with Crippen molar-refractivity contribution in [2.24, 2.45) is 11.8 Å². The molecule has 0 radical (unpaired) electrons. The normalized spacial score (nSPS) is 24.3. The number of aliphatic hydroxyl groups is 2. The van der Waals surface area contributed by atoms with Gasteiger partial charge < -0.3 is 44.0 Å². The number of nitrogens with one attached hydrogen (secondary N) is 2. The molecule has 5 heterocycles. The first-order chi connectivity index (χ1) is 23.8. The lowest BCUT2D eigenvalue weighted by Crippen LogP contribution is -2.65. The van der Waals surface area contributed by atoms with Gasteiger partial charge in [-0.2, -0.15) is 0 Å². The van der Waals surface area contributed by atoms with E-state index < -0.39 is 11.7 Å². The molecule has 4 aliphatic rings. The molecular weight excluding hydrogens is 622 g/mol. The van der Waals surface area contributed by atoms with E-state index in [0.717, 1.165) is 61.0 Å². The van der Waals surface area contributed by atoms with Gasteiger partial charge in [-0.15, -0.1) is 0 Å². The summed E-state index contributed by atoms with van der Waals surface area (Å²) in [5.41, 5.74) is 0.685. The van der Waals surface area contributed by atoms with Crippen LogP contribution in [0.15, 0.2) is 76.1 Å². The Bertz CT molecular complexity index is 1730. The van der Waals surface area contributed by atoms with Gasteiger partial charge in [0.2, 0.25) is 5.56 Å². The lowest BCUT2D eigenvalue weighted by Gasteiger charge is -2.52. The maximum absolute atomic E-state index is 11.8. The van der Waals surface area contributed by atoms with Crippen LogP contribution in [0, 0.1) is 11.8 Å². The van der Waals surface area contributed by atoms with Crippen LogP contribution in [-0.4, -0.2) is 76.8 Å². The lowest BCUT2D eigenvalue weighted by atomic mass is 9.82. The number of rotatable bonds is 15. The summed E-state index contributed by atoms with van der Waals surface area (Å²) in [4.78, 5) is 14.3. The Morgan fingerprint density at radius 3 is 2.57 bits per heavy atom. The van der Waals surface area contributed by atoms with Crippen molar-refractivity contribution >= 4 is 10.9 Å². The van der Waals surface area contributed by atoms with Crippen LogP contribution in [0.5, 0.6) is 11.5 Å². The number of aromatic hydroxyl groups is 1. The van der Waals surface area contributed by atoms with E-state index in [0.29, 0.717) is 54.4 Å². The fraction of sp³-hybridized carbons (Fsp3) is 0.513. The zero-order chi connectivity index (χ0) is 33.8. The number of aromatic nitrogens is 1. The number of quaternary nitrogens is 1. The second kappa shape index (κ2) is 14.7. The van der Waals surface area contributed by atoms with Gasteiger partial charge >= 0.3 is 0 Å². The Labute approximate surface area is 287 Å². The van der Waals surface area contributed by atoms with Gasteiger partial charge in [0.05, 0.1) is 50.7 Å². The number of aromatic amines is 1. The number of hydrogen-bond acceptors (Lipinski definition) is 8. The number of fused-ring (bicyclic) bond motifs is 4. The summed E-state index contributed by atoms with van der Waals surface area (Å²) < 4.78 is 19.6. The molecule has 49 heavy (non-hydrogen) atoms. The summed E-state index contributed by atoms with van der Waals surface area (Å²) in [5, 5.41) is 36.7. The number of aliphatic hydroxyl groups excluding tert-OH is 1. The third kappa shape index (κ3) is 7.44. The summed E-state index contributed by atoms with van der Waals surface area (Å²) in [6.45, 7) is 6.30. The van der Waals surface area contributed by atoms with Crippen LogP contribution >= 0.6 is 0 Å². The van der Waals surface area contributed by atoms with Gasteiger partial charge in [0, 0.05) is 49.7 Å². The molecular formula is C39H50N3O7+. The van der Waals surface area contributed by atoms with E-state index >= 15 is 0 Å². The Morgan fingerprint density at radius 1 is 1.02 bits per heavy atom. The fourth-order valence-electron chi connectivity index (χ4n) is 8.58. The maximum atomic E-state index is 11.8. The van der Waals surface area contributed by atoms with E-state index in [9.17, 15) is 20.1 Å². The van der Waals surface area contributed by atoms with Crippen molar-refractivity contribution in [1.82, 2.24) is 10.3 Å². The summed E-state index contributed by atoms with van der Waals surface area (Å²) in [7, 11) is 0. The van der Waals surface area contributed by atoms with Crippen molar-refractivity contribution in [3.63, 3.8) is 0 Å². The van der Waals surface area contributed by atoms with E-state index in [1.54, 1.807) is 18.4 Å². The average molecular weight is 673 g/mol. The monoisotopic (exact) mass is 672 g/mol. The number of H-pyrrole nitrogens is 1. The van der Waals surface area contributed by atoms with Gasteiger partial charge in [-0.1, -0.05) is 31.0 Å². The van der Waals surface area contributed by atoms with Gasteiger partial charge in [-0.3, -0.25) is 4.79 Å². The quantitative estimate of drug-likeness (QED) is 0.0867. The first kappa shape index (κ1) is 33.8. The molecule has 2 aromatic carbocycles. The molecule has 3 atom stereocenters. The molecule has 262 valence electrons. The predicted molar refractivity (Wildman–Crippen MR) is 186 cm³/mol. The highest BCUT2D eigenvalue weighted by Gasteiger charge is 2.49. The van der Waals surface area contributed by atoms with Gasteiger partial charge in [0.1, 0.15) is 35.5 Å². The Morgan fingerprint density at radius 2 is 1.82 bits per heavy atom. The number of furan rings is 1. The van der Waals surface area contributed by atoms with E-state index in [2.05, 4.69) is 10.3 Å². The van der Waals surface area contributed by atoms with Crippen molar-refractivity contribution in [2.45, 2.75) is 69.3 Å². The SMILES string of the molecule is O=c1ccc2c([C@@H](O)CNCc3ccc(OCCC[N+]45CCC(CC4)[C@@H](OC[C@](O)(c4ccco4)C4CCCC4)C5)cc3)ccc(O)c2[nH]1. The highest BCUT2D eigenvalue weighted by molar-refractivity contribution is 5.87. The van der Waals surface area contributed by atoms with Crippen LogP contribution in [0.2, 0.25) is 0 Å². The molecule has 0 amide bonds. The van der Waals surface area contributed by atoms with Crippen molar-refractivity contribution in [2.75, 3.05) is 45.9 Å². The van der Waals surface area contributed by atoms with Crippen LogP contribution in [-0.2, 0) is 16.9 Å². The first-order valence-corrected chi connectivity index (χ1v) is 18.0. The standard InChI is InChI=1S/C39H49N3O7/c43-33-14-12-31(32-13-15-37(45)41-38(32)33)34(44)24-40-23-27-8-10-30(11-9-27)47-22-4-18-42-19-16-28(17-20-42)35(25-42)49-26-39(46,29-5-1-2-6-29)36-7-3-21-48-36/h3,7-15,21,28-29,34-35,40,44,46H,1-2,4-6,16-20,22-26H2,(H-,41,43,45)/p+1/t28?,34-,35-,39+,42?/m0/s1. The van der Waals surface area contributed by atoms with E-state index in [-0.39, 0.29) is 23.3 Å². The highest BCUT2D eigenvalue weighted by Crippen LogP contribution is 2.43. The number of ether oxygens (including phenoxy) is 2. The molecule has 3 aliphatic heterocycles. The second-order valence-corrected chi connectivity index (χ2v) is 14.5. The molecule has 2 aromatic heterocycles. The number of hydrogen-bond donors (Lipinski definition) is 5. The van der Waals surface area contributed by atoms with Gasteiger partial charge in [0.15, 0.2) is 0 Å². The third-order valence-corrected chi connectivity index (χ3v) is 11.4. The highest BCUT2D eigenvalue weighted by atomic mass is 16.5.